The lowest BCUT2D eigenvalue weighted by molar-refractivity contribution is -0.148. The first-order valence-electron chi connectivity index (χ1n) is 13.5. The fourth-order valence-corrected chi connectivity index (χ4v) is 5.11. The predicted octanol–water partition coefficient (Wildman–Crippen LogP) is 5.66. The zero-order valence-electron chi connectivity index (χ0n) is 24.5. The maximum Gasteiger partial charge on any atom is 0.331 e. The van der Waals surface area contributed by atoms with Crippen LogP contribution in [0.25, 0.3) is 0 Å². The Morgan fingerprint density at radius 1 is 1.13 bits per heavy atom. The lowest BCUT2D eigenvalue weighted by atomic mass is 9.98. The quantitative estimate of drug-likeness (QED) is 0.370. The van der Waals surface area contributed by atoms with E-state index >= 15 is 0 Å². The summed E-state index contributed by atoms with van der Waals surface area (Å²) in [7, 11) is 4.07. The van der Waals surface area contributed by atoms with E-state index in [1.807, 2.05) is 58.5 Å². The standard InChI is InChI=1S/C31H45N3O4S/c1-21(13-14-34(6)7)11-12-23(3)16-27-19-29-33-28(20-39-29)24(4)17-26(32)18-31(36)37-25(5)15-22(2)9-8-10-30(35)38-27/h8-13,16,20,24-27H,14-15,17-19,32H2,1-7H3/b10-8-,12-11+,21-13-,22-9+,23-16+/t24-,25-,26+,27+/m0/s1. The number of allylic oxidation sites excluding steroid dienone is 6. The molecule has 1 aliphatic heterocycles. The number of thiazole rings is 1. The minimum Gasteiger partial charge on any atom is -0.462 e. The fourth-order valence-electron chi connectivity index (χ4n) is 4.15. The highest BCUT2D eigenvalue weighted by Gasteiger charge is 2.20. The normalized spacial score (nSPS) is 27.3. The highest BCUT2D eigenvalue weighted by atomic mass is 32.1. The molecule has 0 aliphatic carbocycles. The minimum absolute atomic E-state index is 0.0866. The molecule has 8 heteroatoms. The number of likely N-dealkylation sites (N-methyl/N-ethyl adjacent to an activating group) is 1. The first-order valence-corrected chi connectivity index (χ1v) is 14.4. The van der Waals surface area contributed by atoms with Crippen molar-refractivity contribution in [3.63, 3.8) is 0 Å². The predicted molar refractivity (Wildman–Crippen MR) is 160 cm³/mol. The van der Waals surface area contributed by atoms with E-state index in [0.29, 0.717) is 19.3 Å². The number of ether oxygens (including phenoxy) is 2. The molecule has 0 aromatic carbocycles. The Balaban J connectivity index is 2.30. The molecule has 0 saturated heterocycles. The van der Waals surface area contributed by atoms with E-state index < -0.39 is 12.1 Å². The van der Waals surface area contributed by atoms with Gasteiger partial charge in [0, 0.05) is 42.8 Å². The first-order chi connectivity index (χ1) is 18.4. The molecule has 39 heavy (non-hydrogen) atoms. The first kappa shape index (κ1) is 32.4. The third-order valence-electron chi connectivity index (χ3n) is 6.19. The molecule has 2 bridgehead atoms. The van der Waals surface area contributed by atoms with Crippen LogP contribution >= 0.6 is 11.3 Å². The summed E-state index contributed by atoms with van der Waals surface area (Å²) in [5.41, 5.74) is 10.4. The molecule has 1 aliphatic rings. The second kappa shape index (κ2) is 16.3. The lowest BCUT2D eigenvalue weighted by Gasteiger charge is -2.18. The Bertz CT molecular complexity index is 1110. The summed E-state index contributed by atoms with van der Waals surface area (Å²) in [6, 6.07) is -0.312. The summed E-state index contributed by atoms with van der Waals surface area (Å²) < 4.78 is 11.4. The number of nitrogens with zero attached hydrogens (tertiary/aromatic N) is 2. The SMILES string of the molecule is CC(=C/CN(C)C)/C=C/C(C)=C/[C@@H]1Cc2nc(cs2)[C@@H](C)C[C@@H](N)CC(=O)O[C@@H](C)C/C(C)=C/C=C\C(=O)O1. The van der Waals surface area contributed by atoms with Crippen molar-refractivity contribution in [3.8, 4) is 0 Å². The summed E-state index contributed by atoms with van der Waals surface area (Å²) >= 11 is 1.54. The number of rotatable bonds is 5. The van der Waals surface area contributed by atoms with E-state index in [0.717, 1.165) is 34.0 Å². The summed E-state index contributed by atoms with van der Waals surface area (Å²) in [6.45, 7) is 10.8. The van der Waals surface area contributed by atoms with Gasteiger partial charge in [0.05, 0.1) is 17.1 Å². The van der Waals surface area contributed by atoms with Crippen LogP contribution in [-0.2, 0) is 25.5 Å². The van der Waals surface area contributed by atoms with Gasteiger partial charge in [0.1, 0.15) is 12.2 Å². The third-order valence-corrected chi connectivity index (χ3v) is 7.08. The summed E-state index contributed by atoms with van der Waals surface area (Å²) in [4.78, 5) is 32.0. The highest BCUT2D eigenvalue weighted by Crippen LogP contribution is 2.25. The van der Waals surface area contributed by atoms with Gasteiger partial charge >= 0.3 is 11.9 Å². The van der Waals surface area contributed by atoms with Crippen molar-refractivity contribution in [3.05, 3.63) is 75.3 Å². The molecule has 0 saturated carbocycles. The lowest BCUT2D eigenvalue weighted by Crippen LogP contribution is -2.28. The van der Waals surface area contributed by atoms with Crippen molar-refractivity contribution < 1.29 is 19.1 Å². The number of nitrogens with two attached hydrogens (primary N) is 1. The topological polar surface area (TPSA) is 94.8 Å². The number of aromatic nitrogens is 1. The molecule has 1 aromatic rings. The zero-order chi connectivity index (χ0) is 28.9. The van der Waals surface area contributed by atoms with Crippen LogP contribution in [-0.4, -0.2) is 60.7 Å². The molecule has 214 valence electrons. The monoisotopic (exact) mass is 555 g/mol. The van der Waals surface area contributed by atoms with E-state index in [1.54, 1.807) is 17.4 Å². The van der Waals surface area contributed by atoms with E-state index in [4.69, 9.17) is 20.2 Å². The third kappa shape index (κ3) is 13.2. The Kier molecular flexibility index (Phi) is 13.6. The number of carbonyl (C=O) groups is 2. The van der Waals surface area contributed by atoms with E-state index in [-0.39, 0.29) is 30.5 Å². The van der Waals surface area contributed by atoms with Crippen molar-refractivity contribution in [2.45, 2.75) is 84.5 Å². The van der Waals surface area contributed by atoms with E-state index in [2.05, 4.69) is 30.9 Å². The maximum atomic E-state index is 12.7. The molecular formula is C31H45N3O4S. The molecule has 7 nitrogen and oxygen atoms in total. The summed E-state index contributed by atoms with van der Waals surface area (Å²) in [5, 5.41) is 2.90. The molecule has 0 unspecified atom stereocenters. The van der Waals surface area contributed by atoms with Crippen LogP contribution < -0.4 is 5.73 Å². The molecule has 0 radical (unpaired) electrons. The second-order valence-corrected chi connectivity index (χ2v) is 11.7. The van der Waals surface area contributed by atoms with Crippen LogP contribution in [0, 0.1) is 0 Å². The second-order valence-electron chi connectivity index (χ2n) is 10.8. The van der Waals surface area contributed by atoms with Crippen LogP contribution in [0.4, 0.5) is 0 Å². The maximum absolute atomic E-state index is 12.7. The molecular weight excluding hydrogens is 510 g/mol. The number of hydrogen-bond acceptors (Lipinski definition) is 8. The van der Waals surface area contributed by atoms with Crippen molar-refractivity contribution in [2.24, 2.45) is 5.73 Å². The average Bonchev–Trinajstić information content (AvgIpc) is 3.29. The van der Waals surface area contributed by atoms with Gasteiger partial charge in [-0.25, -0.2) is 9.78 Å². The number of fused-ring (bicyclic) bond motifs is 2. The number of cyclic esters (lactones) is 2. The molecule has 0 fully saturated rings. The van der Waals surface area contributed by atoms with Crippen molar-refractivity contribution in [2.75, 3.05) is 20.6 Å². The van der Waals surface area contributed by atoms with Gasteiger partial charge in [0.2, 0.25) is 0 Å². The summed E-state index contributed by atoms with van der Waals surface area (Å²) in [6.07, 6.45) is 14.2. The van der Waals surface area contributed by atoms with Gasteiger partial charge in [0.15, 0.2) is 0 Å². The summed E-state index contributed by atoms with van der Waals surface area (Å²) in [5.74, 6) is -0.635. The van der Waals surface area contributed by atoms with Crippen LogP contribution in [0.3, 0.4) is 0 Å². The van der Waals surface area contributed by atoms with Crippen LogP contribution in [0.5, 0.6) is 0 Å². The van der Waals surface area contributed by atoms with Crippen molar-refractivity contribution in [1.82, 2.24) is 9.88 Å². The van der Waals surface area contributed by atoms with E-state index in [9.17, 15) is 9.59 Å². The number of hydrogen-bond donors (Lipinski definition) is 1. The van der Waals surface area contributed by atoms with Crippen molar-refractivity contribution >= 4 is 23.3 Å². The van der Waals surface area contributed by atoms with Gasteiger partial charge in [-0.3, -0.25) is 4.79 Å². The molecule has 2 N–H and O–H groups in total. The van der Waals surface area contributed by atoms with Crippen molar-refractivity contribution in [1.29, 1.82) is 0 Å². The smallest absolute Gasteiger partial charge is 0.331 e. The van der Waals surface area contributed by atoms with Crippen LogP contribution in [0.2, 0.25) is 0 Å². The molecule has 1 aromatic heterocycles. The van der Waals surface area contributed by atoms with Gasteiger partial charge in [0.25, 0.3) is 0 Å². The molecule has 2 rings (SSSR count). The van der Waals surface area contributed by atoms with Gasteiger partial charge in [-0.05, 0) is 54.3 Å². The van der Waals surface area contributed by atoms with Crippen LogP contribution in [0.1, 0.15) is 70.5 Å². The largest absolute Gasteiger partial charge is 0.462 e. The van der Waals surface area contributed by atoms with Crippen LogP contribution in [0.15, 0.2) is 64.6 Å². The van der Waals surface area contributed by atoms with Gasteiger partial charge < -0.3 is 20.1 Å². The zero-order valence-corrected chi connectivity index (χ0v) is 25.3. The van der Waals surface area contributed by atoms with E-state index in [1.165, 1.54) is 6.08 Å². The van der Waals surface area contributed by atoms with Gasteiger partial charge in [-0.2, -0.15) is 0 Å². The Morgan fingerprint density at radius 3 is 2.56 bits per heavy atom. The molecule has 4 atom stereocenters. The Labute approximate surface area is 238 Å². The Hall–Kier alpha value is -2.81. The molecule has 0 amide bonds. The van der Waals surface area contributed by atoms with Gasteiger partial charge in [-0.1, -0.05) is 54.0 Å². The minimum atomic E-state index is -0.465. The van der Waals surface area contributed by atoms with Gasteiger partial charge in [-0.15, -0.1) is 11.3 Å². The number of carbonyl (C=O) groups excluding carboxylic acids is 2. The average molecular weight is 556 g/mol. The molecule has 0 spiro atoms. The Morgan fingerprint density at radius 2 is 1.85 bits per heavy atom. The highest BCUT2D eigenvalue weighted by molar-refractivity contribution is 7.09. The number of esters is 2. The molecule has 2 heterocycles. The fraction of sp³-hybridized carbons (Fsp3) is 0.516.